The number of rotatable bonds is 4. The highest BCUT2D eigenvalue weighted by Crippen LogP contribution is 2.56. The molecular formula is C72H42N8. The highest BCUT2D eigenvalue weighted by molar-refractivity contribution is 6.31. The minimum Gasteiger partial charge on any atom is -0.324 e. The van der Waals surface area contributed by atoms with Crippen LogP contribution in [0.3, 0.4) is 0 Å². The molecule has 0 aliphatic carbocycles. The summed E-state index contributed by atoms with van der Waals surface area (Å²) in [6.07, 6.45) is 0. The van der Waals surface area contributed by atoms with Crippen molar-refractivity contribution in [1.29, 1.82) is 0 Å². The number of benzene rings is 12. The summed E-state index contributed by atoms with van der Waals surface area (Å²) in [6.45, 7) is 0. The first-order valence-electron chi connectivity index (χ1n) is 27.0. The molecule has 0 spiro atoms. The Balaban J connectivity index is 1.20. The van der Waals surface area contributed by atoms with Crippen LogP contribution in [0.2, 0.25) is 0 Å². The van der Waals surface area contributed by atoms with Crippen molar-refractivity contribution >= 4 is 87.2 Å². The highest BCUT2D eigenvalue weighted by atomic mass is 15.1. The molecule has 0 saturated heterocycles. The maximum Gasteiger partial charge on any atom is 0.164 e. The van der Waals surface area contributed by atoms with Crippen LogP contribution in [0.4, 0.5) is 0 Å². The van der Waals surface area contributed by atoms with E-state index in [-0.39, 0.29) is 0 Å². The van der Waals surface area contributed by atoms with Gasteiger partial charge in [-0.05, 0) is 76.5 Å². The number of nitrogens with one attached hydrogen (secondary N) is 2. The Hall–Kier alpha value is -11.0. The molecule has 0 radical (unpaired) electrons. The number of aromatic nitrogens is 8. The van der Waals surface area contributed by atoms with E-state index in [2.05, 4.69) is 216 Å². The summed E-state index contributed by atoms with van der Waals surface area (Å²) < 4.78 is 0. The number of nitrogens with zero attached hydrogens (tertiary/aromatic N) is 6. The van der Waals surface area contributed by atoms with Gasteiger partial charge in [-0.1, -0.05) is 243 Å². The van der Waals surface area contributed by atoms with Gasteiger partial charge in [0.15, 0.2) is 23.3 Å². The number of hydrogen-bond acceptors (Lipinski definition) is 6. The smallest absolute Gasteiger partial charge is 0.164 e. The first-order chi connectivity index (χ1) is 39.7. The molecule has 2 N–H and O–H groups in total. The second-order valence-corrected chi connectivity index (χ2v) is 20.6. The van der Waals surface area contributed by atoms with Crippen LogP contribution in [0, 0.1) is 0 Å². The summed E-state index contributed by atoms with van der Waals surface area (Å²) in [5, 5.41) is 12.6. The SMILES string of the molecule is c1ccc2c(c1)-c1nc-2nc2[nH]c(nc3nc(nc4[nH]c(n1)c1ccccc41)-c1ccccc1-3)c1c(-c3cccc4ccccc34)c(-c3cccc4ccccc34)c(-c3cccc4ccccc34)c(-c3cccc4ccccc34)c21. The molecule has 0 amide bonds. The summed E-state index contributed by atoms with van der Waals surface area (Å²) in [5.41, 5.74) is 14.4. The molecule has 8 nitrogen and oxygen atoms in total. The van der Waals surface area contributed by atoms with Crippen LogP contribution >= 0.6 is 0 Å². The Labute approximate surface area is 457 Å². The lowest BCUT2D eigenvalue weighted by molar-refractivity contribution is 1.19. The Bertz CT molecular complexity index is 4990. The van der Waals surface area contributed by atoms with E-state index >= 15 is 0 Å². The van der Waals surface area contributed by atoms with Crippen LogP contribution in [-0.4, -0.2) is 39.9 Å². The second kappa shape index (κ2) is 17.3. The zero-order valence-electron chi connectivity index (χ0n) is 42.8. The van der Waals surface area contributed by atoms with Crippen LogP contribution in [-0.2, 0) is 0 Å². The van der Waals surface area contributed by atoms with Crippen molar-refractivity contribution in [2.24, 2.45) is 0 Å². The summed E-state index contributed by atoms with van der Waals surface area (Å²) in [5.74, 6) is 2.15. The normalized spacial score (nSPS) is 12.0. The molecule has 12 aromatic carbocycles. The third-order valence-corrected chi connectivity index (χ3v) is 16.2. The lowest BCUT2D eigenvalue weighted by Crippen LogP contribution is -1.99. The fraction of sp³-hybridized carbons (Fsp3) is 0. The van der Waals surface area contributed by atoms with Gasteiger partial charge in [-0.15, -0.1) is 0 Å². The van der Waals surface area contributed by atoms with Gasteiger partial charge in [0, 0.05) is 54.9 Å². The first kappa shape index (κ1) is 44.2. The second-order valence-electron chi connectivity index (χ2n) is 20.6. The minimum atomic E-state index is 0.529. The molecule has 17 rings (SSSR count). The lowest BCUT2D eigenvalue weighted by Gasteiger charge is -2.25. The van der Waals surface area contributed by atoms with Gasteiger partial charge in [-0.2, -0.15) is 0 Å². The van der Waals surface area contributed by atoms with Crippen molar-refractivity contribution in [2.45, 2.75) is 0 Å². The maximum atomic E-state index is 5.83. The predicted octanol–water partition coefficient (Wildman–Crippen LogP) is 18.1. The molecule has 0 saturated carbocycles. The van der Waals surface area contributed by atoms with E-state index in [4.69, 9.17) is 29.9 Å². The Kier molecular flexibility index (Phi) is 9.54. The van der Waals surface area contributed by atoms with Gasteiger partial charge in [0.1, 0.15) is 22.6 Å². The van der Waals surface area contributed by atoms with E-state index in [0.29, 0.717) is 45.9 Å². The van der Waals surface area contributed by atoms with Crippen molar-refractivity contribution in [3.63, 3.8) is 0 Å². The van der Waals surface area contributed by atoms with Crippen LogP contribution in [0.25, 0.3) is 177 Å². The maximum absolute atomic E-state index is 5.83. The van der Waals surface area contributed by atoms with Crippen LogP contribution in [0.5, 0.6) is 0 Å². The summed E-state index contributed by atoms with van der Waals surface area (Å²) >= 11 is 0. The molecule has 0 atom stereocenters. The fourth-order valence-corrected chi connectivity index (χ4v) is 12.8. The van der Waals surface area contributed by atoms with E-state index in [0.717, 1.165) is 131 Å². The van der Waals surface area contributed by atoms with Crippen molar-refractivity contribution < 1.29 is 0 Å². The fourth-order valence-electron chi connectivity index (χ4n) is 12.8. The molecule has 370 valence electrons. The predicted molar refractivity (Wildman–Crippen MR) is 328 cm³/mol. The molecule has 80 heavy (non-hydrogen) atoms. The van der Waals surface area contributed by atoms with Gasteiger partial charge < -0.3 is 9.97 Å². The quantitative estimate of drug-likeness (QED) is 0.182. The van der Waals surface area contributed by atoms with Crippen LogP contribution < -0.4 is 0 Å². The van der Waals surface area contributed by atoms with Gasteiger partial charge >= 0.3 is 0 Å². The average Bonchev–Trinajstić information content (AvgIpc) is 3.69. The Morgan fingerprint density at radius 3 is 0.762 bits per heavy atom. The number of aromatic amines is 2. The van der Waals surface area contributed by atoms with Crippen molar-refractivity contribution in [3.8, 4) is 90.1 Å². The topological polar surface area (TPSA) is 109 Å². The largest absolute Gasteiger partial charge is 0.324 e. The molecule has 3 aromatic heterocycles. The molecular weight excluding hydrogens is 977 g/mol. The molecule has 8 bridgehead atoms. The number of H-pyrrole nitrogens is 2. The van der Waals surface area contributed by atoms with Crippen molar-refractivity contribution in [1.82, 2.24) is 39.9 Å². The monoisotopic (exact) mass is 1020 g/mol. The van der Waals surface area contributed by atoms with Crippen molar-refractivity contribution in [2.75, 3.05) is 0 Å². The van der Waals surface area contributed by atoms with Gasteiger partial charge in [-0.3, -0.25) is 0 Å². The van der Waals surface area contributed by atoms with Gasteiger partial charge in [0.05, 0.1) is 0 Å². The number of fused-ring (bicyclic) bond motifs is 24. The van der Waals surface area contributed by atoms with E-state index < -0.39 is 0 Å². The van der Waals surface area contributed by atoms with E-state index in [1.165, 1.54) is 0 Å². The van der Waals surface area contributed by atoms with E-state index in [9.17, 15) is 0 Å². The highest BCUT2D eigenvalue weighted by Gasteiger charge is 2.32. The third-order valence-electron chi connectivity index (χ3n) is 16.2. The van der Waals surface area contributed by atoms with E-state index in [1.807, 2.05) is 36.4 Å². The van der Waals surface area contributed by atoms with Gasteiger partial charge in [-0.25, -0.2) is 29.9 Å². The Morgan fingerprint density at radius 2 is 0.425 bits per heavy atom. The molecule has 2 aliphatic heterocycles. The summed E-state index contributed by atoms with van der Waals surface area (Å²) in [6, 6.07) is 86.4. The van der Waals surface area contributed by atoms with Crippen LogP contribution in [0.15, 0.2) is 243 Å². The zero-order valence-corrected chi connectivity index (χ0v) is 42.8. The average molecular weight is 1020 g/mol. The first-order valence-corrected chi connectivity index (χ1v) is 27.0. The minimum absolute atomic E-state index is 0.529. The number of hydrogen-bond donors (Lipinski definition) is 2. The molecule has 0 unspecified atom stereocenters. The molecule has 15 aromatic rings. The lowest BCUT2D eigenvalue weighted by atomic mass is 9.77. The van der Waals surface area contributed by atoms with Crippen LogP contribution in [0.1, 0.15) is 0 Å². The standard InChI is InChI=1S/C72H42N8/c1-5-27-45-41(19-1)23-15-37-49(45)59-60(50-38-16-24-42-20-2-6-28-46(42)50)62(52-40-18-26-44-22-4-8-30-48(44)52)64-63(61(59)51-39-17-25-43-21-3-7-29-47(43)51)71-78-69-57-35-13-11-33-55(57)67(76-69)74-65-53-31-9-10-32-54(53)66(73-65)75-68-56-34-12-14-36-58(56)70(77-68)79-72(64)80-71/h1-40H,(H2,73,74,75,76,77,78,79,80). The zero-order chi connectivity index (χ0) is 52.4. The molecule has 2 aliphatic rings. The van der Waals surface area contributed by atoms with E-state index in [1.54, 1.807) is 0 Å². The van der Waals surface area contributed by atoms with Gasteiger partial charge in [0.2, 0.25) is 0 Å². The molecule has 0 fully saturated rings. The Morgan fingerprint density at radius 1 is 0.188 bits per heavy atom. The third kappa shape index (κ3) is 6.63. The summed E-state index contributed by atoms with van der Waals surface area (Å²) in [7, 11) is 0. The summed E-state index contributed by atoms with van der Waals surface area (Å²) in [4.78, 5) is 40.8. The van der Waals surface area contributed by atoms with Crippen molar-refractivity contribution in [3.05, 3.63) is 243 Å². The van der Waals surface area contributed by atoms with Gasteiger partial charge in [0.25, 0.3) is 0 Å². The molecule has 8 heteroatoms. The molecule has 5 heterocycles.